The molecule has 0 unspecified atom stereocenters. The van der Waals surface area contributed by atoms with Gasteiger partial charge in [-0.3, -0.25) is 9.78 Å². The van der Waals surface area contributed by atoms with E-state index in [1.165, 1.54) is 24.3 Å². The Morgan fingerprint density at radius 1 is 1.38 bits per heavy atom. The monoisotopic (exact) mass is 307 g/mol. The van der Waals surface area contributed by atoms with Gasteiger partial charge in [0.1, 0.15) is 5.69 Å². The van der Waals surface area contributed by atoms with Crippen LogP contribution in [-0.4, -0.2) is 46.9 Å². The third-order valence-electron chi connectivity index (χ3n) is 3.97. The van der Waals surface area contributed by atoms with Crippen LogP contribution in [0.25, 0.3) is 0 Å². The fraction of sp³-hybridized carbons (Fsp3) is 0.625. The van der Waals surface area contributed by atoms with Gasteiger partial charge >= 0.3 is 0 Å². The summed E-state index contributed by atoms with van der Waals surface area (Å²) in [5.74, 6) is 3.31. The minimum Gasteiger partial charge on any atom is -0.385 e. The van der Waals surface area contributed by atoms with E-state index in [0.717, 1.165) is 18.2 Å². The number of hydrogen-bond donors (Lipinski definition) is 1. The summed E-state index contributed by atoms with van der Waals surface area (Å²) in [4.78, 5) is 18.3. The molecule has 1 amide bonds. The number of aromatic nitrogens is 1. The molecule has 5 heteroatoms. The molecule has 1 fully saturated rings. The van der Waals surface area contributed by atoms with E-state index in [2.05, 4.69) is 10.3 Å². The van der Waals surface area contributed by atoms with Crippen molar-refractivity contribution in [2.75, 3.05) is 36.5 Å². The summed E-state index contributed by atoms with van der Waals surface area (Å²) in [6.07, 6.45) is 4.29. The Labute approximate surface area is 131 Å². The van der Waals surface area contributed by atoms with Crippen LogP contribution in [0.15, 0.2) is 18.3 Å². The summed E-state index contributed by atoms with van der Waals surface area (Å²) in [5, 5.41) is 3.46. The maximum Gasteiger partial charge on any atom is 0.272 e. The third-order valence-corrected chi connectivity index (χ3v) is 5.01. The molecule has 1 aromatic rings. The zero-order valence-electron chi connectivity index (χ0n) is 13.0. The van der Waals surface area contributed by atoms with E-state index in [0.29, 0.717) is 18.8 Å². The smallest absolute Gasteiger partial charge is 0.272 e. The van der Waals surface area contributed by atoms with E-state index in [9.17, 15) is 4.79 Å². The zero-order chi connectivity index (χ0) is 15.1. The number of rotatable bonds is 6. The van der Waals surface area contributed by atoms with Gasteiger partial charge in [0.05, 0.1) is 0 Å². The van der Waals surface area contributed by atoms with Gasteiger partial charge in [0.25, 0.3) is 5.91 Å². The molecule has 2 rings (SSSR count). The van der Waals surface area contributed by atoms with Gasteiger partial charge in [0, 0.05) is 31.5 Å². The minimum atomic E-state index is 0.0118. The Balaban J connectivity index is 1.95. The van der Waals surface area contributed by atoms with E-state index < -0.39 is 0 Å². The molecule has 0 atom stereocenters. The number of carbonyl (C=O) groups is 1. The molecule has 116 valence electrons. The summed E-state index contributed by atoms with van der Waals surface area (Å²) >= 11 is 2.05. The maximum absolute atomic E-state index is 12.3. The van der Waals surface area contributed by atoms with E-state index >= 15 is 0 Å². The number of hydrogen-bond acceptors (Lipinski definition) is 4. The van der Waals surface area contributed by atoms with Crippen molar-refractivity contribution >= 4 is 23.4 Å². The molecule has 1 aromatic heterocycles. The fourth-order valence-corrected chi connectivity index (χ4v) is 3.75. The Morgan fingerprint density at radius 2 is 2.10 bits per heavy atom. The molecule has 1 aliphatic heterocycles. The highest BCUT2D eigenvalue weighted by atomic mass is 32.2. The average Bonchev–Trinajstić information content (AvgIpc) is 2.55. The van der Waals surface area contributed by atoms with Crippen LogP contribution >= 0.6 is 11.8 Å². The number of nitrogens with one attached hydrogen (secondary N) is 1. The van der Waals surface area contributed by atoms with Gasteiger partial charge < -0.3 is 10.2 Å². The first-order chi connectivity index (χ1) is 10.2. The van der Waals surface area contributed by atoms with Crippen molar-refractivity contribution in [2.45, 2.75) is 26.7 Å². The highest BCUT2D eigenvalue weighted by Crippen LogP contribution is 2.23. The van der Waals surface area contributed by atoms with Gasteiger partial charge in [-0.1, -0.05) is 0 Å². The number of anilines is 1. The molecule has 0 bridgehead atoms. The fourth-order valence-electron chi connectivity index (χ4n) is 2.54. The third kappa shape index (κ3) is 4.63. The molecule has 0 aromatic carbocycles. The summed E-state index contributed by atoms with van der Waals surface area (Å²) in [6, 6.07) is 3.81. The van der Waals surface area contributed by atoms with E-state index in [1.807, 2.05) is 37.7 Å². The van der Waals surface area contributed by atoms with Crippen molar-refractivity contribution in [3.05, 3.63) is 24.0 Å². The number of nitrogens with zero attached hydrogens (tertiary/aromatic N) is 2. The Bertz CT molecular complexity index is 457. The average molecular weight is 307 g/mol. The summed E-state index contributed by atoms with van der Waals surface area (Å²) in [7, 11) is 0. The predicted octanol–water partition coefficient (Wildman–Crippen LogP) is 3.12. The Kier molecular flexibility index (Phi) is 6.36. The second-order valence-corrected chi connectivity index (χ2v) is 6.57. The summed E-state index contributed by atoms with van der Waals surface area (Å²) < 4.78 is 0. The van der Waals surface area contributed by atoms with Crippen molar-refractivity contribution in [3.8, 4) is 0 Å². The lowest BCUT2D eigenvalue weighted by molar-refractivity contribution is 0.0767. The predicted molar refractivity (Wildman–Crippen MR) is 90.0 cm³/mol. The van der Waals surface area contributed by atoms with Gasteiger partial charge in [-0.15, -0.1) is 0 Å². The highest BCUT2D eigenvalue weighted by Gasteiger charge is 2.15. The van der Waals surface area contributed by atoms with Gasteiger partial charge in [-0.2, -0.15) is 11.8 Å². The summed E-state index contributed by atoms with van der Waals surface area (Å²) in [6.45, 7) is 6.40. The highest BCUT2D eigenvalue weighted by molar-refractivity contribution is 7.99. The van der Waals surface area contributed by atoms with Crippen LogP contribution in [0.5, 0.6) is 0 Å². The standard InChI is InChI=1S/C16H25N3OS/c1-3-19(4-2)16(20)15-11-14(5-8-17-15)18-12-13-6-9-21-10-7-13/h5,8,11,13H,3-4,6-7,9-10,12H2,1-2H3,(H,17,18). The van der Waals surface area contributed by atoms with Crippen LogP contribution in [-0.2, 0) is 0 Å². The lowest BCUT2D eigenvalue weighted by Crippen LogP contribution is -2.31. The van der Waals surface area contributed by atoms with E-state index in [-0.39, 0.29) is 5.91 Å². The van der Waals surface area contributed by atoms with Crippen LogP contribution in [0, 0.1) is 5.92 Å². The molecule has 0 radical (unpaired) electrons. The second kappa shape index (κ2) is 8.27. The molecule has 4 nitrogen and oxygen atoms in total. The molecular formula is C16H25N3OS. The van der Waals surface area contributed by atoms with Gasteiger partial charge in [0.15, 0.2) is 0 Å². The second-order valence-electron chi connectivity index (χ2n) is 5.34. The molecule has 1 N–H and O–H groups in total. The normalized spacial score (nSPS) is 15.7. The van der Waals surface area contributed by atoms with E-state index in [1.54, 1.807) is 11.1 Å². The Morgan fingerprint density at radius 3 is 2.76 bits per heavy atom. The molecule has 0 aliphatic carbocycles. The van der Waals surface area contributed by atoms with Crippen LogP contribution in [0.3, 0.4) is 0 Å². The van der Waals surface area contributed by atoms with Crippen molar-refractivity contribution in [3.63, 3.8) is 0 Å². The SMILES string of the molecule is CCN(CC)C(=O)c1cc(NCC2CCSCC2)ccn1. The largest absolute Gasteiger partial charge is 0.385 e. The zero-order valence-corrected chi connectivity index (χ0v) is 13.8. The number of thioether (sulfide) groups is 1. The quantitative estimate of drug-likeness (QED) is 0.877. The first-order valence-electron chi connectivity index (χ1n) is 7.81. The molecule has 0 spiro atoms. The van der Waals surface area contributed by atoms with Gasteiger partial charge in [0.2, 0.25) is 0 Å². The van der Waals surface area contributed by atoms with Crippen LogP contribution in [0.4, 0.5) is 5.69 Å². The number of pyridine rings is 1. The van der Waals surface area contributed by atoms with E-state index in [4.69, 9.17) is 0 Å². The van der Waals surface area contributed by atoms with Gasteiger partial charge in [-0.25, -0.2) is 0 Å². The Hall–Kier alpha value is -1.23. The first kappa shape index (κ1) is 16.1. The van der Waals surface area contributed by atoms with Crippen LogP contribution in [0.1, 0.15) is 37.2 Å². The van der Waals surface area contributed by atoms with Crippen LogP contribution in [0.2, 0.25) is 0 Å². The van der Waals surface area contributed by atoms with Crippen molar-refractivity contribution in [1.29, 1.82) is 0 Å². The van der Waals surface area contributed by atoms with Gasteiger partial charge in [-0.05, 0) is 56.2 Å². The summed E-state index contributed by atoms with van der Waals surface area (Å²) in [5.41, 5.74) is 1.53. The number of amides is 1. The minimum absolute atomic E-state index is 0.0118. The maximum atomic E-state index is 12.3. The molecule has 21 heavy (non-hydrogen) atoms. The molecule has 1 saturated heterocycles. The topological polar surface area (TPSA) is 45.2 Å². The van der Waals surface area contributed by atoms with Crippen molar-refractivity contribution in [2.24, 2.45) is 5.92 Å². The van der Waals surface area contributed by atoms with Crippen molar-refractivity contribution in [1.82, 2.24) is 9.88 Å². The lowest BCUT2D eigenvalue weighted by atomic mass is 10.0. The molecule has 0 saturated carbocycles. The molecular weight excluding hydrogens is 282 g/mol. The van der Waals surface area contributed by atoms with Crippen molar-refractivity contribution < 1.29 is 4.79 Å². The van der Waals surface area contributed by atoms with Crippen LogP contribution < -0.4 is 5.32 Å². The first-order valence-corrected chi connectivity index (χ1v) is 8.97. The number of carbonyl (C=O) groups excluding carboxylic acids is 1. The lowest BCUT2D eigenvalue weighted by Gasteiger charge is -2.22. The molecule has 1 aliphatic rings. The molecule has 2 heterocycles.